The minimum atomic E-state index is -0.385. The van der Waals surface area contributed by atoms with Gasteiger partial charge in [-0.1, -0.05) is 6.58 Å². The lowest BCUT2D eigenvalue weighted by atomic mass is 10.1. The van der Waals surface area contributed by atoms with E-state index in [4.69, 9.17) is 9.47 Å². The fourth-order valence-corrected chi connectivity index (χ4v) is 3.09. The Morgan fingerprint density at radius 1 is 1.07 bits per heavy atom. The van der Waals surface area contributed by atoms with E-state index < -0.39 is 0 Å². The summed E-state index contributed by atoms with van der Waals surface area (Å²) in [6.45, 7) is 7.23. The van der Waals surface area contributed by atoms with Gasteiger partial charge in [-0.3, -0.25) is 4.79 Å². The summed E-state index contributed by atoms with van der Waals surface area (Å²) in [5.41, 5.74) is 2.27. The number of amides is 1. The van der Waals surface area contributed by atoms with Crippen molar-refractivity contribution < 1.29 is 23.8 Å². The molecule has 1 atom stereocenters. The van der Waals surface area contributed by atoms with Gasteiger partial charge in [0.15, 0.2) is 0 Å². The Balaban J connectivity index is 1.53. The maximum atomic E-state index is 12.4. The van der Waals surface area contributed by atoms with E-state index in [1.165, 1.54) is 7.11 Å². The van der Waals surface area contributed by atoms with Crippen LogP contribution in [0, 0.1) is 5.92 Å². The summed E-state index contributed by atoms with van der Waals surface area (Å²) in [6, 6.07) is 14.3. The number of carbonyl (C=O) groups excluding carboxylic acids is 2. The van der Waals surface area contributed by atoms with E-state index in [0.717, 1.165) is 17.0 Å². The summed E-state index contributed by atoms with van der Waals surface area (Å²) >= 11 is 0. The quantitative estimate of drug-likeness (QED) is 0.502. The molecule has 1 aliphatic rings. The zero-order chi connectivity index (χ0) is 20.8. The predicted octanol–water partition coefficient (Wildman–Crippen LogP) is 3.86. The van der Waals surface area contributed by atoms with Gasteiger partial charge in [0.2, 0.25) is 5.91 Å². The standard InChI is InChI=1S/C23H25NO5/c1-16(2)14-28-21-10-6-19(7-11-21)24-13-17(12-22(24)25)15-29-20-8-4-18(5-9-20)23(26)27-3/h4-11,17H,1,12-15H2,2-3H3. The number of esters is 1. The molecule has 6 nitrogen and oxygen atoms in total. The largest absolute Gasteiger partial charge is 0.493 e. The monoisotopic (exact) mass is 395 g/mol. The van der Waals surface area contributed by atoms with Crippen LogP contribution in [0.15, 0.2) is 60.7 Å². The van der Waals surface area contributed by atoms with Gasteiger partial charge < -0.3 is 19.1 Å². The highest BCUT2D eigenvalue weighted by Gasteiger charge is 2.31. The minimum Gasteiger partial charge on any atom is -0.493 e. The summed E-state index contributed by atoms with van der Waals surface area (Å²) < 4.78 is 16.1. The number of benzene rings is 2. The van der Waals surface area contributed by atoms with Crippen LogP contribution in [0.4, 0.5) is 5.69 Å². The molecule has 0 N–H and O–H groups in total. The van der Waals surface area contributed by atoms with E-state index in [9.17, 15) is 9.59 Å². The minimum absolute atomic E-state index is 0.0789. The van der Waals surface area contributed by atoms with Gasteiger partial charge >= 0.3 is 5.97 Å². The Labute approximate surface area is 170 Å². The lowest BCUT2D eigenvalue weighted by molar-refractivity contribution is -0.117. The van der Waals surface area contributed by atoms with E-state index >= 15 is 0 Å². The Kier molecular flexibility index (Phi) is 6.54. The van der Waals surface area contributed by atoms with Crippen LogP contribution in [0.25, 0.3) is 0 Å². The van der Waals surface area contributed by atoms with Crippen LogP contribution < -0.4 is 14.4 Å². The van der Waals surface area contributed by atoms with Gasteiger partial charge in [0, 0.05) is 24.6 Å². The van der Waals surface area contributed by atoms with Crippen molar-refractivity contribution in [1.29, 1.82) is 0 Å². The Bertz CT molecular complexity index is 873. The second kappa shape index (κ2) is 9.28. The van der Waals surface area contributed by atoms with Gasteiger partial charge in [-0.05, 0) is 61.0 Å². The van der Waals surface area contributed by atoms with Crippen molar-refractivity contribution in [2.75, 3.05) is 31.8 Å². The second-order valence-corrected chi connectivity index (χ2v) is 7.14. The molecule has 1 fully saturated rings. The molecule has 0 spiro atoms. The first-order chi connectivity index (χ1) is 14.0. The smallest absolute Gasteiger partial charge is 0.337 e. The van der Waals surface area contributed by atoms with Crippen molar-refractivity contribution >= 4 is 17.6 Å². The summed E-state index contributed by atoms with van der Waals surface area (Å²) in [7, 11) is 1.35. The highest BCUT2D eigenvalue weighted by molar-refractivity contribution is 5.95. The number of carbonyl (C=O) groups is 2. The molecule has 1 amide bonds. The van der Waals surface area contributed by atoms with Crippen LogP contribution in [0.3, 0.4) is 0 Å². The van der Waals surface area contributed by atoms with Crippen LogP contribution in [-0.2, 0) is 9.53 Å². The third kappa shape index (κ3) is 5.38. The van der Waals surface area contributed by atoms with Gasteiger partial charge in [0.25, 0.3) is 0 Å². The average molecular weight is 395 g/mol. The normalized spacial score (nSPS) is 15.9. The summed E-state index contributed by atoms with van der Waals surface area (Å²) in [6.07, 6.45) is 0.439. The fraction of sp³-hybridized carbons (Fsp3) is 0.304. The van der Waals surface area contributed by atoms with Gasteiger partial charge in [-0.15, -0.1) is 0 Å². The molecule has 2 aromatic rings. The molecule has 152 valence electrons. The van der Waals surface area contributed by atoms with Crippen molar-refractivity contribution in [3.63, 3.8) is 0 Å². The Morgan fingerprint density at radius 3 is 2.31 bits per heavy atom. The van der Waals surface area contributed by atoms with Crippen LogP contribution >= 0.6 is 0 Å². The second-order valence-electron chi connectivity index (χ2n) is 7.14. The molecule has 0 saturated carbocycles. The van der Waals surface area contributed by atoms with Crippen LogP contribution in [0.2, 0.25) is 0 Å². The van der Waals surface area contributed by atoms with Crippen LogP contribution in [0.1, 0.15) is 23.7 Å². The van der Waals surface area contributed by atoms with E-state index in [-0.39, 0.29) is 17.8 Å². The van der Waals surface area contributed by atoms with Gasteiger partial charge in [-0.25, -0.2) is 4.79 Å². The maximum absolute atomic E-state index is 12.4. The van der Waals surface area contributed by atoms with E-state index in [1.807, 2.05) is 31.2 Å². The molecule has 0 radical (unpaired) electrons. The van der Waals surface area contributed by atoms with Gasteiger partial charge in [0.05, 0.1) is 19.3 Å². The molecule has 3 rings (SSSR count). The summed E-state index contributed by atoms with van der Waals surface area (Å²) in [5, 5.41) is 0. The van der Waals surface area contributed by atoms with Crippen LogP contribution in [-0.4, -0.2) is 38.7 Å². The third-order valence-corrected chi connectivity index (χ3v) is 4.60. The molecule has 1 saturated heterocycles. The SMILES string of the molecule is C=C(C)COc1ccc(N2CC(COc3ccc(C(=O)OC)cc3)CC2=O)cc1. The van der Waals surface area contributed by atoms with Crippen LogP contribution in [0.5, 0.6) is 11.5 Å². The van der Waals surface area contributed by atoms with E-state index in [0.29, 0.717) is 37.5 Å². The van der Waals surface area contributed by atoms with Gasteiger partial charge in [-0.2, -0.15) is 0 Å². The molecule has 1 aliphatic heterocycles. The topological polar surface area (TPSA) is 65.1 Å². The molecule has 6 heteroatoms. The lowest BCUT2D eigenvalue weighted by Gasteiger charge is -2.17. The Morgan fingerprint density at radius 2 is 1.69 bits per heavy atom. The number of hydrogen-bond acceptors (Lipinski definition) is 5. The molecule has 1 unspecified atom stereocenters. The highest BCUT2D eigenvalue weighted by Crippen LogP contribution is 2.27. The van der Waals surface area contributed by atoms with Crippen molar-refractivity contribution in [2.45, 2.75) is 13.3 Å². The number of methoxy groups -OCH3 is 1. The van der Waals surface area contributed by atoms with Crippen molar-refractivity contribution in [1.82, 2.24) is 0 Å². The van der Waals surface area contributed by atoms with Gasteiger partial charge in [0.1, 0.15) is 18.1 Å². The number of ether oxygens (including phenoxy) is 3. The van der Waals surface area contributed by atoms with E-state index in [2.05, 4.69) is 11.3 Å². The van der Waals surface area contributed by atoms with Crippen molar-refractivity contribution in [2.24, 2.45) is 5.92 Å². The average Bonchev–Trinajstić information content (AvgIpc) is 3.11. The number of rotatable bonds is 8. The van der Waals surface area contributed by atoms with Crippen molar-refractivity contribution in [3.8, 4) is 11.5 Å². The molecule has 29 heavy (non-hydrogen) atoms. The summed E-state index contributed by atoms with van der Waals surface area (Å²) in [5.74, 6) is 1.20. The molecular weight excluding hydrogens is 370 g/mol. The first kappa shape index (κ1) is 20.5. The van der Waals surface area contributed by atoms with E-state index in [1.54, 1.807) is 29.2 Å². The molecule has 2 aromatic carbocycles. The Hall–Kier alpha value is -3.28. The first-order valence-corrected chi connectivity index (χ1v) is 9.45. The summed E-state index contributed by atoms with van der Waals surface area (Å²) in [4.78, 5) is 25.7. The zero-order valence-corrected chi connectivity index (χ0v) is 16.7. The molecule has 0 bridgehead atoms. The molecule has 0 aromatic heterocycles. The molecule has 0 aliphatic carbocycles. The zero-order valence-electron chi connectivity index (χ0n) is 16.7. The molecule has 1 heterocycles. The predicted molar refractivity (Wildman–Crippen MR) is 110 cm³/mol. The number of nitrogens with zero attached hydrogens (tertiary/aromatic N) is 1. The molecular formula is C23H25NO5. The number of hydrogen-bond donors (Lipinski definition) is 0. The highest BCUT2D eigenvalue weighted by atomic mass is 16.5. The van der Waals surface area contributed by atoms with Crippen molar-refractivity contribution in [3.05, 3.63) is 66.2 Å². The fourth-order valence-electron chi connectivity index (χ4n) is 3.09. The lowest BCUT2D eigenvalue weighted by Crippen LogP contribution is -2.25. The maximum Gasteiger partial charge on any atom is 0.337 e. The first-order valence-electron chi connectivity index (χ1n) is 9.45. The number of anilines is 1. The third-order valence-electron chi connectivity index (χ3n) is 4.60.